The van der Waals surface area contributed by atoms with Gasteiger partial charge in [0.2, 0.25) is 0 Å². The van der Waals surface area contributed by atoms with E-state index < -0.39 is 11.1 Å². The van der Waals surface area contributed by atoms with Crippen LogP contribution >= 0.6 is 0 Å². The van der Waals surface area contributed by atoms with Gasteiger partial charge in [-0.1, -0.05) is 6.08 Å². The largest absolute Gasteiger partial charge is 0.291 e. The predicted molar refractivity (Wildman–Crippen MR) is 34.8 cm³/mol. The minimum atomic E-state index is -1.14. The fraction of sp³-hybridized carbons (Fsp3) is 0.600. The highest BCUT2D eigenvalue weighted by molar-refractivity contribution is 7.80. The standard InChI is InChI=1S/C5H10O2S/c1-3-5-8(6)7-4-2/h3H,1,4-5H2,2H3. The van der Waals surface area contributed by atoms with Crippen LogP contribution in [0.1, 0.15) is 6.92 Å². The first-order valence-corrected chi connectivity index (χ1v) is 3.68. The fourth-order valence-electron chi connectivity index (χ4n) is 0.276. The lowest BCUT2D eigenvalue weighted by Crippen LogP contribution is -1.98. The van der Waals surface area contributed by atoms with E-state index in [0.29, 0.717) is 12.4 Å². The molecule has 3 heteroatoms. The normalized spacial score (nSPS) is 13.1. The van der Waals surface area contributed by atoms with E-state index in [4.69, 9.17) is 0 Å². The van der Waals surface area contributed by atoms with E-state index in [9.17, 15) is 4.21 Å². The van der Waals surface area contributed by atoms with E-state index in [1.807, 2.05) is 0 Å². The summed E-state index contributed by atoms with van der Waals surface area (Å²) in [5.41, 5.74) is 0. The predicted octanol–water partition coefficient (Wildman–Crippen LogP) is 0.873. The molecule has 0 saturated heterocycles. The van der Waals surface area contributed by atoms with Gasteiger partial charge in [-0.25, -0.2) is 4.21 Å². The summed E-state index contributed by atoms with van der Waals surface area (Å²) < 4.78 is 15.1. The zero-order valence-corrected chi connectivity index (χ0v) is 5.74. The van der Waals surface area contributed by atoms with Gasteiger partial charge in [-0.3, -0.25) is 4.18 Å². The average Bonchev–Trinajstić information content (AvgIpc) is 1.68. The summed E-state index contributed by atoms with van der Waals surface area (Å²) in [5.74, 6) is 0.424. The van der Waals surface area contributed by atoms with Crippen LogP contribution in [0.5, 0.6) is 0 Å². The van der Waals surface area contributed by atoms with E-state index in [-0.39, 0.29) is 0 Å². The molecule has 0 aliphatic rings. The third-order valence-corrected chi connectivity index (χ3v) is 1.51. The van der Waals surface area contributed by atoms with E-state index in [0.717, 1.165) is 0 Å². The summed E-state index contributed by atoms with van der Waals surface area (Å²) in [6, 6.07) is 0. The highest BCUT2D eigenvalue weighted by Gasteiger charge is 1.90. The van der Waals surface area contributed by atoms with Crippen LogP contribution in [0.3, 0.4) is 0 Å². The van der Waals surface area contributed by atoms with Crippen LogP contribution in [-0.4, -0.2) is 16.6 Å². The molecule has 0 heterocycles. The summed E-state index contributed by atoms with van der Waals surface area (Å²) in [6.07, 6.45) is 1.58. The molecule has 0 rings (SSSR count). The topological polar surface area (TPSA) is 26.3 Å². The Bertz CT molecular complexity index is 90.4. The van der Waals surface area contributed by atoms with Crippen LogP contribution < -0.4 is 0 Å². The van der Waals surface area contributed by atoms with E-state index in [1.54, 1.807) is 13.0 Å². The second-order valence-electron chi connectivity index (χ2n) is 1.17. The van der Waals surface area contributed by atoms with Crippen molar-refractivity contribution in [3.8, 4) is 0 Å². The lowest BCUT2D eigenvalue weighted by Gasteiger charge is -1.92. The van der Waals surface area contributed by atoms with Gasteiger partial charge in [0.1, 0.15) is 0 Å². The van der Waals surface area contributed by atoms with E-state index in [2.05, 4.69) is 10.8 Å². The SMILES string of the molecule is C=CCS(=O)OCC. The van der Waals surface area contributed by atoms with Crippen molar-refractivity contribution in [1.29, 1.82) is 0 Å². The molecule has 0 aliphatic carbocycles. The second kappa shape index (κ2) is 5.00. The maximum atomic E-state index is 10.5. The molecule has 2 nitrogen and oxygen atoms in total. The molecular weight excluding hydrogens is 124 g/mol. The van der Waals surface area contributed by atoms with Crippen LogP contribution in [0.4, 0.5) is 0 Å². The van der Waals surface area contributed by atoms with Crippen molar-refractivity contribution in [2.45, 2.75) is 6.92 Å². The molecule has 0 bridgehead atoms. The van der Waals surface area contributed by atoms with Crippen LogP contribution in [-0.2, 0) is 15.3 Å². The van der Waals surface area contributed by atoms with Gasteiger partial charge in [0.25, 0.3) is 0 Å². The van der Waals surface area contributed by atoms with E-state index in [1.165, 1.54) is 0 Å². The van der Waals surface area contributed by atoms with Gasteiger partial charge >= 0.3 is 0 Å². The monoisotopic (exact) mass is 134 g/mol. The minimum absolute atomic E-state index is 0.424. The molecule has 0 saturated carbocycles. The third kappa shape index (κ3) is 4.02. The van der Waals surface area contributed by atoms with Gasteiger partial charge in [-0.2, -0.15) is 0 Å². The summed E-state index contributed by atoms with van der Waals surface area (Å²) in [6.45, 7) is 5.72. The molecule has 0 aromatic carbocycles. The molecule has 0 radical (unpaired) electrons. The Balaban J connectivity index is 3.18. The molecule has 48 valence electrons. The fourth-order valence-corrected chi connectivity index (χ4v) is 0.827. The van der Waals surface area contributed by atoms with Crippen LogP contribution in [0.25, 0.3) is 0 Å². The maximum Gasteiger partial charge on any atom is 0.159 e. The zero-order chi connectivity index (χ0) is 6.41. The Labute approximate surface area is 52.2 Å². The van der Waals surface area contributed by atoms with Crippen molar-refractivity contribution in [1.82, 2.24) is 0 Å². The molecule has 0 amide bonds. The molecule has 0 aromatic rings. The molecule has 0 N–H and O–H groups in total. The molecule has 0 spiro atoms. The van der Waals surface area contributed by atoms with Gasteiger partial charge < -0.3 is 0 Å². The Kier molecular flexibility index (Phi) is 4.90. The molecule has 8 heavy (non-hydrogen) atoms. The van der Waals surface area contributed by atoms with Crippen molar-refractivity contribution >= 4 is 11.1 Å². The van der Waals surface area contributed by atoms with Crippen LogP contribution in [0, 0.1) is 0 Å². The summed E-state index contributed by atoms with van der Waals surface area (Å²) in [4.78, 5) is 0. The van der Waals surface area contributed by atoms with Crippen molar-refractivity contribution in [2.75, 3.05) is 12.4 Å². The molecule has 0 aliphatic heterocycles. The maximum absolute atomic E-state index is 10.5. The van der Waals surface area contributed by atoms with Gasteiger partial charge in [-0.05, 0) is 6.92 Å². The highest BCUT2D eigenvalue weighted by Crippen LogP contribution is 1.83. The second-order valence-corrected chi connectivity index (χ2v) is 2.34. The first-order chi connectivity index (χ1) is 3.81. The quantitative estimate of drug-likeness (QED) is 0.533. The third-order valence-electron chi connectivity index (χ3n) is 0.503. The van der Waals surface area contributed by atoms with Crippen molar-refractivity contribution in [3.63, 3.8) is 0 Å². The van der Waals surface area contributed by atoms with E-state index >= 15 is 0 Å². The first kappa shape index (κ1) is 7.85. The number of rotatable bonds is 4. The smallest absolute Gasteiger partial charge is 0.159 e. The Morgan fingerprint density at radius 2 is 2.50 bits per heavy atom. The van der Waals surface area contributed by atoms with Gasteiger partial charge in [0, 0.05) is 0 Å². The lowest BCUT2D eigenvalue weighted by molar-refractivity contribution is 0.373. The lowest BCUT2D eigenvalue weighted by atomic mass is 10.8. The number of hydrogen-bond donors (Lipinski definition) is 0. The molecular formula is C5H10O2S. The van der Waals surface area contributed by atoms with Gasteiger partial charge in [0.05, 0.1) is 12.4 Å². The summed E-state index contributed by atoms with van der Waals surface area (Å²) in [5, 5.41) is 0. The summed E-state index contributed by atoms with van der Waals surface area (Å²) in [7, 11) is 0. The van der Waals surface area contributed by atoms with Crippen molar-refractivity contribution in [2.24, 2.45) is 0 Å². The number of hydrogen-bond acceptors (Lipinski definition) is 2. The average molecular weight is 134 g/mol. The Hall–Kier alpha value is -0.150. The molecule has 0 fully saturated rings. The van der Waals surface area contributed by atoms with Gasteiger partial charge in [0.15, 0.2) is 11.1 Å². The molecule has 0 aromatic heterocycles. The highest BCUT2D eigenvalue weighted by atomic mass is 32.2. The molecule has 1 unspecified atom stereocenters. The van der Waals surface area contributed by atoms with Crippen LogP contribution in [0.2, 0.25) is 0 Å². The van der Waals surface area contributed by atoms with Crippen LogP contribution in [0.15, 0.2) is 12.7 Å². The molecule has 1 atom stereocenters. The zero-order valence-electron chi connectivity index (χ0n) is 4.92. The van der Waals surface area contributed by atoms with Crippen molar-refractivity contribution < 1.29 is 8.39 Å². The van der Waals surface area contributed by atoms with Gasteiger partial charge in [-0.15, -0.1) is 6.58 Å². The summed E-state index contributed by atoms with van der Waals surface area (Å²) >= 11 is -1.14. The Morgan fingerprint density at radius 1 is 1.88 bits per heavy atom. The minimum Gasteiger partial charge on any atom is -0.291 e. The van der Waals surface area contributed by atoms with Crippen molar-refractivity contribution in [3.05, 3.63) is 12.7 Å². The first-order valence-electron chi connectivity index (χ1n) is 2.43. The Morgan fingerprint density at radius 3 is 2.88 bits per heavy atom.